The lowest BCUT2D eigenvalue weighted by atomic mass is 9.91. The van der Waals surface area contributed by atoms with Crippen LogP contribution in [-0.4, -0.2) is 58.0 Å². The lowest BCUT2D eigenvalue weighted by Crippen LogP contribution is -2.52. The van der Waals surface area contributed by atoms with Gasteiger partial charge in [-0.05, 0) is 45.7 Å². The molecule has 0 unspecified atom stereocenters. The number of hydrogen-bond donors (Lipinski definition) is 2. The number of nitrogens with one attached hydrogen (secondary N) is 1. The molecule has 0 bridgehead atoms. The molecule has 6 nitrogen and oxygen atoms in total. The number of piperidine rings is 1. The highest BCUT2D eigenvalue weighted by Crippen LogP contribution is 2.23. The van der Waals surface area contributed by atoms with Crippen LogP contribution in [0.25, 0.3) is 0 Å². The van der Waals surface area contributed by atoms with Gasteiger partial charge in [0.25, 0.3) is 0 Å². The van der Waals surface area contributed by atoms with Crippen LogP contribution in [0.3, 0.4) is 0 Å². The van der Waals surface area contributed by atoms with E-state index in [4.69, 9.17) is 4.74 Å². The second-order valence-corrected chi connectivity index (χ2v) is 7.29. The summed E-state index contributed by atoms with van der Waals surface area (Å²) in [4.78, 5) is 13.7. The number of rotatable bonds is 5. The summed E-state index contributed by atoms with van der Waals surface area (Å²) in [6.45, 7) is 8.89. The Bertz CT molecular complexity index is 486. The van der Waals surface area contributed by atoms with Gasteiger partial charge < -0.3 is 24.6 Å². The molecule has 1 saturated heterocycles. The highest BCUT2D eigenvalue weighted by molar-refractivity contribution is 5.68. The maximum Gasteiger partial charge on any atom is 0.410 e. The van der Waals surface area contributed by atoms with E-state index in [2.05, 4.69) is 9.88 Å². The van der Waals surface area contributed by atoms with Gasteiger partial charge in [0.15, 0.2) is 0 Å². The maximum absolute atomic E-state index is 12.0. The van der Waals surface area contributed by atoms with E-state index in [0.29, 0.717) is 32.5 Å². The molecular weight excluding hydrogens is 294 g/mol. The molecule has 2 N–H and O–H groups in total. The first-order valence-corrected chi connectivity index (χ1v) is 8.29. The summed E-state index contributed by atoms with van der Waals surface area (Å²) in [5.41, 5.74) is -1.22. The van der Waals surface area contributed by atoms with Crippen molar-refractivity contribution in [3.05, 3.63) is 24.5 Å². The van der Waals surface area contributed by atoms with Gasteiger partial charge in [-0.25, -0.2) is 4.79 Å². The van der Waals surface area contributed by atoms with Gasteiger partial charge in [0.1, 0.15) is 5.60 Å². The van der Waals surface area contributed by atoms with E-state index < -0.39 is 11.2 Å². The minimum atomic E-state index is -0.741. The number of carbonyl (C=O) groups excluding carboxylic acids is 1. The molecule has 23 heavy (non-hydrogen) atoms. The van der Waals surface area contributed by atoms with Crippen molar-refractivity contribution in [2.24, 2.45) is 0 Å². The summed E-state index contributed by atoms with van der Waals surface area (Å²) in [7, 11) is 0. The highest BCUT2D eigenvalue weighted by atomic mass is 16.6. The third-order valence-electron chi connectivity index (χ3n) is 4.01. The Morgan fingerprint density at radius 1 is 1.26 bits per heavy atom. The molecule has 6 heteroatoms. The maximum atomic E-state index is 12.0. The van der Waals surface area contributed by atoms with Gasteiger partial charge >= 0.3 is 6.09 Å². The molecule has 1 aromatic heterocycles. The van der Waals surface area contributed by atoms with Crippen LogP contribution in [0.5, 0.6) is 0 Å². The first-order chi connectivity index (χ1) is 10.8. The first-order valence-electron chi connectivity index (χ1n) is 8.29. The molecule has 1 aliphatic rings. The van der Waals surface area contributed by atoms with Crippen LogP contribution in [0.1, 0.15) is 33.6 Å². The van der Waals surface area contributed by atoms with E-state index in [0.717, 1.165) is 13.1 Å². The molecule has 1 aliphatic heterocycles. The normalized spacial score (nSPS) is 18.0. The summed E-state index contributed by atoms with van der Waals surface area (Å²) < 4.78 is 7.47. The van der Waals surface area contributed by atoms with E-state index in [1.54, 1.807) is 4.90 Å². The van der Waals surface area contributed by atoms with Crippen LogP contribution in [0.2, 0.25) is 0 Å². The second kappa shape index (κ2) is 7.36. The summed E-state index contributed by atoms with van der Waals surface area (Å²) in [5.74, 6) is 0. The molecule has 0 atom stereocenters. The fraction of sp³-hybridized carbons (Fsp3) is 0.706. The minimum Gasteiger partial charge on any atom is -0.444 e. The molecule has 1 aromatic rings. The molecule has 2 rings (SSSR count). The zero-order valence-corrected chi connectivity index (χ0v) is 14.4. The van der Waals surface area contributed by atoms with Crippen molar-refractivity contribution in [1.82, 2.24) is 14.8 Å². The van der Waals surface area contributed by atoms with Gasteiger partial charge in [0.05, 0.1) is 5.60 Å². The average molecular weight is 323 g/mol. The van der Waals surface area contributed by atoms with Gasteiger partial charge in [-0.15, -0.1) is 0 Å². The van der Waals surface area contributed by atoms with E-state index in [1.807, 2.05) is 45.3 Å². The van der Waals surface area contributed by atoms with Crippen LogP contribution < -0.4 is 5.32 Å². The number of carbonyl (C=O) groups is 1. The smallest absolute Gasteiger partial charge is 0.410 e. The summed E-state index contributed by atoms with van der Waals surface area (Å²) >= 11 is 0. The van der Waals surface area contributed by atoms with Gasteiger partial charge in [0, 0.05) is 45.1 Å². The Morgan fingerprint density at radius 3 is 2.43 bits per heavy atom. The number of ether oxygens (including phenoxy) is 1. The van der Waals surface area contributed by atoms with Gasteiger partial charge in [-0.3, -0.25) is 0 Å². The third-order valence-corrected chi connectivity index (χ3v) is 4.01. The summed E-state index contributed by atoms with van der Waals surface area (Å²) in [5, 5.41) is 13.9. The van der Waals surface area contributed by atoms with Crippen molar-refractivity contribution in [3.8, 4) is 0 Å². The van der Waals surface area contributed by atoms with Crippen LogP contribution >= 0.6 is 0 Å². The van der Waals surface area contributed by atoms with E-state index >= 15 is 0 Å². The number of aromatic nitrogens is 1. The van der Waals surface area contributed by atoms with Crippen LogP contribution in [0, 0.1) is 0 Å². The van der Waals surface area contributed by atoms with Gasteiger partial charge in [0.2, 0.25) is 0 Å². The number of hydrogen-bond acceptors (Lipinski definition) is 4. The second-order valence-electron chi connectivity index (χ2n) is 7.29. The van der Waals surface area contributed by atoms with Crippen molar-refractivity contribution in [3.63, 3.8) is 0 Å². The number of aliphatic hydroxyl groups is 1. The number of amides is 1. The lowest BCUT2D eigenvalue weighted by Gasteiger charge is -2.38. The van der Waals surface area contributed by atoms with Crippen molar-refractivity contribution in [2.45, 2.75) is 51.4 Å². The minimum absolute atomic E-state index is 0.292. The average Bonchev–Trinajstić information content (AvgIpc) is 2.96. The molecule has 0 aliphatic carbocycles. The highest BCUT2D eigenvalue weighted by Gasteiger charge is 2.34. The largest absolute Gasteiger partial charge is 0.444 e. The van der Waals surface area contributed by atoms with E-state index in [9.17, 15) is 9.90 Å². The van der Waals surface area contributed by atoms with Crippen molar-refractivity contribution in [1.29, 1.82) is 0 Å². The predicted molar refractivity (Wildman–Crippen MR) is 89.3 cm³/mol. The SMILES string of the molecule is CC(C)(C)OC(=O)N1CCC(O)(CNCCn2cccc2)CC1. The standard InChI is InChI=1S/C17H29N3O3/c1-16(2,3)23-15(21)20-11-6-17(22,7-12-20)14-18-8-13-19-9-4-5-10-19/h4-5,9-10,18,22H,6-8,11-14H2,1-3H3. The molecule has 0 spiro atoms. The van der Waals surface area contributed by atoms with Crippen molar-refractivity contribution in [2.75, 3.05) is 26.2 Å². The summed E-state index contributed by atoms with van der Waals surface area (Å²) in [6, 6.07) is 4.00. The van der Waals surface area contributed by atoms with Crippen LogP contribution in [-0.2, 0) is 11.3 Å². The molecule has 0 aromatic carbocycles. The Balaban J connectivity index is 1.68. The van der Waals surface area contributed by atoms with E-state index in [1.165, 1.54) is 0 Å². The van der Waals surface area contributed by atoms with Crippen molar-refractivity contribution >= 4 is 6.09 Å². The van der Waals surface area contributed by atoms with Crippen molar-refractivity contribution < 1.29 is 14.6 Å². The predicted octanol–water partition coefficient (Wildman–Crippen LogP) is 1.84. The Hall–Kier alpha value is -1.53. The first kappa shape index (κ1) is 17.8. The molecule has 1 fully saturated rings. The van der Waals surface area contributed by atoms with E-state index in [-0.39, 0.29) is 6.09 Å². The van der Waals surface area contributed by atoms with Gasteiger partial charge in [-0.2, -0.15) is 0 Å². The van der Waals surface area contributed by atoms with Crippen LogP contribution in [0.4, 0.5) is 4.79 Å². The molecule has 130 valence electrons. The topological polar surface area (TPSA) is 66.7 Å². The fourth-order valence-corrected chi connectivity index (χ4v) is 2.66. The Morgan fingerprint density at radius 2 is 1.87 bits per heavy atom. The van der Waals surface area contributed by atoms with Crippen LogP contribution in [0.15, 0.2) is 24.5 Å². The molecule has 2 heterocycles. The summed E-state index contributed by atoms with van der Waals surface area (Å²) in [6.07, 6.45) is 4.90. The number of likely N-dealkylation sites (tertiary alicyclic amines) is 1. The fourth-order valence-electron chi connectivity index (χ4n) is 2.66. The zero-order chi connectivity index (χ0) is 16.9. The monoisotopic (exact) mass is 323 g/mol. The molecule has 1 amide bonds. The number of nitrogens with zero attached hydrogens (tertiary/aromatic N) is 2. The molecular formula is C17H29N3O3. The third kappa shape index (κ3) is 5.88. The zero-order valence-electron chi connectivity index (χ0n) is 14.4. The lowest BCUT2D eigenvalue weighted by molar-refractivity contribution is -0.0309. The Labute approximate surface area is 138 Å². The Kier molecular flexibility index (Phi) is 5.70. The van der Waals surface area contributed by atoms with Gasteiger partial charge in [-0.1, -0.05) is 0 Å². The molecule has 0 saturated carbocycles. The molecule has 0 radical (unpaired) electrons. The quantitative estimate of drug-likeness (QED) is 0.812.